The van der Waals surface area contributed by atoms with E-state index >= 15 is 0 Å². The van der Waals surface area contributed by atoms with Crippen LogP contribution >= 0.6 is 11.8 Å². The zero-order chi connectivity index (χ0) is 16.9. The predicted octanol–water partition coefficient (Wildman–Crippen LogP) is 0.311. The Balaban J connectivity index is 1.53. The van der Waals surface area contributed by atoms with Gasteiger partial charge < -0.3 is 15.3 Å². The summed E-state index contributed by atoms with van der Waals surface area (Å²) in [5.74, 6) is 1.63. The van der Waals surface area contributed by atoms with E-state index in [-0.39, 0.29) is 29.5 Å². The Hall–Kier alpha value is -1.67. The highest BCUT2D eigenvalue weighted by molar-refractivity contribution is 7.99. The summed E-state index contributed by atoms with van der Waals surface area (Å²) in [7, 11) is 0. The van der Waals surface area contributed by atoms with Gasteiger partial charge >= 0.3 is 0 Å². The van der Waals surface area contributed by atoms with E-state index in [2.05, 4.69) is 15.3 Å². The lowest BCUT2D eigenvalue weighted by atomic mass is 9.83. The minimum Gasteiger partial charge on any atom is -0.391 e. The van der Waals surface area contributed by atoms with Gasteiger partial charge in [0.2, 0.25) is 5.91 Å². The summed E-state index contributed by atoms with van der Waals surface area (Å²) in [5, 5.41) is 13.2. The summed E-state index contributed by atoms with van der Waals surface area (Å²) in [6.07, 6.45) is 5.31. The summed E-state index contributed by atoms with van der Waals surface area (Å²) in [5.41, 5.74) is 0.230. The summed E-state index contributed by atoms with van der Waals surface area (Å²) >= 11 is 1.87. The van der Waals surface area contributed by atoms with Crippen molar-refractivity contribution in [2.45, 2.75) is 31.4 Å². The Kier molecular flexibility index (Phi) is 5.68. The molecule has 1 aliphatic heterocycles. The van der Waals surface area contributed by atoms with E-state index in [0.29, 0.717) is 19.3 Å². The molecule has 130 valence electrons. The van der Waals surface area contributed by atoms with Gasteiger partial charge in [-0.25, -0.2) is 4.98 Å². The lowest BCUT2D eigenvalue weighted by Crippen LogP contribution is -2.50. The highest BCUT2D eigenvalue weighted by atomic mass is 32.2. The SMILES string of the molecule is O=C(N[C@H]1CC[C@H](C(=O)N2CCSCC2)C[C@@H]1O)c1cnccn1. The standard InChI is InChI=1S/C16H22N4O3S/c21-14-9-11(16(23)20-5-7-24-8-6-20)1-2-12(14)19-15(22)13-10-17-3-4-18-13/h3-4,10-12,14,21H,1-2,5-9H2,(H,19,22)/t11-,12-,14-/m0/s1. The summed E-state index contributed by atoms with van der Waals surface area (Å²) < 4.78 is 0. The summed E-state index contributed by atoms with van der Waals surface area (Å²) in [6.45, 7) is 1.59. The van der Waals surface area contributed by atoms with Crippen LogP contribution in [0.1, 0.15) is 29.8 Å². The van der Waals surface area contributed by atoms with Crippen LogP contribution in [0.25, 0.3) is 0 Å². The van der Waals surface area contributed by atoms with Crippen molar-refractivity contribution >= 4 is 23.6 Å². The van der Waals surface area contributed by atoms with Crippen LogP contribution < -0.4 is 5.32 Å². The Morgan fingerprint density at radius 3 is 2.71 bits per heavy atom. The second-order valence-corrected chi connectivity index (χ2v) is 7.41. The fraction of sp³-hybridized carbons (Fsp3) is 0.625. The third kappa shape index (κ3) is 4.05. The molecule has 3 rings (SSSR count). The molecule has 1 saturated heterocycles. The number of hydrogen-bond donors (Lipinski definition) is 2. The smallest absolute Gasteiger partial charge is 0.271 e. The molecular weight excluding hydrogens is 328 g/mol. The zero-order valence-electron chi connectivity index (χ0n) is 13.4. The second-order valence-electron chi connectivity index (χ2n) is 6.19. The molecule has 7 nitrogen and oxygen atoms in total. The quantitative estimate of drug-likeness (QED) is 0.815. The predicted molar refractivity (Wildman–Crippen MR) is 90.5 cm³/mol. The number of aliphatic hydroxyl groups is 1. The van der Waals surface area contributed by atoms with E-state index < -0.39 is 6.10 Å². The number of rotatable bonds is 3. The molecule has 2 amide bonds. The highest BCUT2D eigenvalue weighted by Crippen LogP contribution is 2.27. The molecule has 0 unspecified atom stereocenters. The van der Waals surface area contributed by atoms with Crippen LogP contribution in [0.3, 0.4) is 0 Å². The van der Waals surface area contributed by atoms with Crippen LogP contribution in [0.2, 0.25) is 0 Å². The monoisotopic (exact) mass is 350 g/mol. The number of carbonyl (C=O) groups is 2. The average Bonchev–Trinajstić information content (AvgIpc) is 2.64. The fourth-order valence-corrected chi connectivity index (χ4v) is 4.14. The van der Waals surface area contributed by atoms with Crippen LogP contribution in [0.15, 0.2) is 18.6 Å². The summed E-state index contributed by atoms with van der Waals surface area (Å²) in [6, 6.07) is -0.347. The van der Waals surface area contributed by atoms with Crippen molar-refractivity contribution in [2.24, 2.45) is 5.92 Å². The van der Waals surface area contributed by atoms with Gasteiger partial charge in [0, 0.05) is 42.9 Å². The van der Waals surface area contributed by atoms with Crippen molar-refractivity contribution in [3.05, 3.63) is 24.3 Å². The van der Waals surface area contributed by atoms with Gasteiger partial charge in [-0.2, -0.15) is 11.8 Å². The molecule has 1 aromatic rings. The first-order valence-electron chi connectivity index (χ1n) is 8.26. The molecule has 0 spiro atoms. The molecule has 0 radical (unpaired) electrons. The zero-order valence-corrected chi connectivity index (χ0v) is 14.2. The fourth-order valence-electron chi connectivity index (χ4n) is 3.24. The van der Waals surface area contributed by atoms with Crippen molar-refractivity contribution in [3.63, 3.8) is 0 Å². The molecule has 24 heavy (non-hydrogen) atoms. The van der Waals surface area contributed by atoms with Crippen molar-refractivity contribution in [1.29, 1.82) is 0 Å². The topological polar surface area (TPSA) is 95.4 Å². The number of aromatic nitrogens is 2. The minimum absolute atomic E-state index is 0.146. The molecule has 2 aliphatic rings. The van der Waals surface area contributed by atoms with Crippen molar-refractivity contribution in [1.82, 2.24) is 20.2 Å². The van der Waals surface area contributed by atoms with Gasteiger partial charge in [-0.1, -0.05) is 0 Å². The molecule has 1 aliphatic carbocycles. The molecule has 2 heterocycles. The molecule has 3 atom stereocenters. The van der Waals surface area contributed by atoms with Crippen LogP contribution in [0, 0.1) is 5.92 Å². The Morgan fingerprint density at radius 1 is 1.25 bits per heavy atom. The molecule has 1 saturated carbocycles. The number of hydrogen-bond acceptors (Lipinski definition) is 6. The number of carbonyl (C=O) groups excluding carboxylic acids is 2. The number of thioether (sulfide) groups is 1. The van der Waals surface area contributed by atoms with Crippen LogP contribution in [0.5, 0.6) is 0 Å². The molecule has 2 fully saturated rings. The van der Waals surface area contributed by atoms with Crippen molar-refractivity contribution in [2.75, 3.05) is 24.6 Å². The third-order valence-corrected chi connectivity index (χ3v) is 5.54. The number of amides is 2. The maximum Gasteiger partial charge on any atom is 0.271 e. The normalized spacial score (nSPS) is 27.5. The number of aliphatic hydroxyl groups excluding tert-OH is 1. The molecule has 2 N–H and O–H groups in total. The minimum atomic E-state index is -0.715. The van der Waals surface area contributed by atoms with Gasteiger partial charge in [0.25, 0.3) is 5.91 Å². The van der Waals surface area contributed by atoms with E-state index in [4.69, 9.17) is 0 Å². The largest absolute Gasteiger partial charge is 0.391 e. The van der Waals surface area contributed by atoms with E-state index in [0.717, 1.165) is 24.6 Å². The molecule has 0 bridgehead atoms. The van der Waals surface area contributed by atoms with Crippen LogP contribution in [0.4, 0.5) is 0 Å². The third-order valence-electron chi connectivity index (χ3n) is 4.60. The molecule has 0 aromatic carbocycles. The van der Waals surface area contributed by atoms with Gasteiger partial charge in [0.1, 0.15) is 5.69 Å². The first-order valence-corrected chi connectivity index (χ1v) is 9.42. The summed E-state index contributed by atoms with van der Waals surface area (Å²) in [4.78, 5) is 34.4. The number of nitrogens with one attached hydrogen (secondary N) is 1. The van der Waals surface area contributed by atoms with Gasteiger partial charge in [-0.3, -0.25) is 14.6 Å². The van der Waals surface area contributed by atoms with Crippen LogP contribution in [-0.4, -0.2) is 68.5 Å². The maximum absolute atomic E-state index is 12.5. The Labute approximate surface area is 145 Å². The Bertz CT molecular complexity index is 580. The molecular formula is C16H22N4O3S. The van der Waals surface area contributed by atoms with Crippen molar-refractivity contribution in [3.8, 4) is 0 Å². The van der Waals surface area contributed by atoms with E-state index in [1.165, 1.54) is 18.6 Å². The Morgan fingerprint density at radius 2 is 2.04 bits per heavy atom. The van der Waals surface area contributed by atoms with E-state index in [1.54, 1.807) is 0 Å². The van der Waals surface area contributed by atoms with E-state index in [9.17, 15) is 14.7 Å². The van der Waals surface area contributed by atoms with E-state index in [1.807, 2.05) is 16.7 Å². The molecule has 8 heteroatoms. The van der Waals surface area contributed by atoms with Crippen molar-refractivity contribution < 1.29 is 14.7 Å². The van der Waals surface area contributed by atoms with Gasteiger partial charge in [-0.15, -0.1) is 0 Å². The highest BCUT2D eigenvalue weighted by Gasteiger charge is 2.35. The number of nitrogens with zero attached hydrogens (tertiary/aromatic N) is 3. The average molecular weight is 350 g/mol. The van der Waals surface area contributed by atoms with Gasteiger partial charge in [-0.05, 0) is 19.3 Å². The molecule has 1 aromatic heterocycles. The lowest BCUT2D eigenvalue weighted by Gasteiger charge is -2.36. The second kappa shape index (κ2) is 7.94. The van der Waals surface area contributed by atoms with Gasteiger partial charge in [0.05, 0.1) is 18.3 Å². The van der Waals surface area contributed by atoms with Gasteiger partial charge in [0.15, 0.2) is 0 Å². The maximum atomic E-state index is 12.5. The van der Waals surface area contributed by atoms with Crippen LogP contribution in [-0.2, 0) is 4.79 Å². The first kappa shape index (κ1) is 17.2. The first-order chi connectivity index (χ1) is 11.6. The lowest BCUT2D eigenvalue weighted by molar-refractivity contribution is -0.137.